The van der Waals surface area contributed by atoms with Crippen LogP contribution in [0.2, 0.25) is 0 Å². The van der Waals surface area contributed by atoms with E-state index in [1.807, 2.05) is 31.6 Å². The number of rotatable bonds is 1. The van der Waals surface area contributed by atoms with Gasteiger partial charge in [-0.25, -0.2) is 9.55 Å². The topological polar surface area (TPSA) is 21.7 Å². The number of aryl methyl sites for hydroxylation is 2. The fraction of sp³-hybridized carbons (Fsp3) is 0.143. The van der Waals surface area contributed by atoms with E-state index in [1.54, 1.807) is 0 Å². The smallest absolute Gasteiger partial charge is 0.236 e. The number of imidazole rings is 1. The fourth-order valence-electron chi connectivity index (χ4n) is 2.04. The summed E-state index contributed by atoms with van der Waals surface area (Å²) in [5.41, 5.74) is 3.40. The van der Waals surface area contributed by atoms with Gasteiger partial charge in [-0.15, -0.1) is 0 Å². The summed E-state index contributed by atoms with van der Waals surface area (Å²) in [5.74, 6) is 1.12. The fourth-order valence-corrected chi connectivity index (χ4v) is 2.04. The second-order valence-corrected chi connectivity index (χ2v) is 4.28. The molecule has 1 aromatic carbocycles. The molecule has 0 amide bonds. The Morgan fingerprint density at radius 1 is 1.18 bits per heavy atom. The molecule has 0 spiro atoms. The van der Waals surface area contributed by atoms with Crippen molar-refractivity contribution in [2.45, 2.75) is 6.92 Å². The van der Waals surface area contributed by atoms with E-state index in [0.717, 1.165) is 16.9 Å². The summed E-state index contributed by atoms with van der Waals surface area (Å²) in [5, 5.41) is 0. The quantitative estimate of drug-likeness (QED) is 0.580. The largest absolute Gasteiger partial charge is 0.287 e. The highest BCUT2D eigenvalue weighted by Gasteiger charge is 2.14. The van der Waals surface area contributed by atoms with Crippen LogP contribution in [0.25, 0.3) is 16.9 Å². The van der Waals surface area contributed by atoms with Crippen molar-refractivity contribution in [3.05, 3.63) is 54.5 Å². The van der Waals surface area contributed by atoms with Crippen LogP contribution in [0.15, 0.2) is 48.9 Å². The maximum atomic E-state index is 4.42. The Morgan fingerprint density at radius 3 is 2.88 bits per heavy atom. The molecule has 0 fully saturated rings. The molecule has 0 saturated carbocycles. The van der Waals surface area contributed by atoms with Gasteiger partial charge in [-0.05, 0) is 30.7 Å². The first-order valence-corrected chi connectivity index (χ1v) is 5.64. The first kappa shape index (κ1) is 10.0. The number of pyridine rings is 1. The standard InChI is InChI=1S/C14H14N3/c1-11-7-8-16(2)14(9-11)17-10-15-12-5-3-4-6-13(12)17/h3-10H,1-2H3/q+1. The first-order chi connectivity index (χ1) is 8.25. The van der Waals surface area contributed by atoms with E-state index in [1.165, 1.54) is 5.56 Å². The molecule has 0 atom stereocenters. The van der Waals surface area contributed by atoms with E-state index in [9.17, 15) is 0 Å². The molecule has 0 N–H and O–H groups in total. The van der Waals surface area contributed by atoms with Crippen molar-refractivity contribution >= 4 is 11.0 Å². The number of aromatic nitrogens is 3. The zero-order chi connectivity index (χ0) is 11.8. The van der Waals surface area contributed by atoms with E-state index < -0.39 is 0 Å². The molecule has 84 valence electrons. The summed E-state index contributed by atoms with van der Waals surface area (Å²) < 4.78 is 4.21. The zero-order valence-electron chi connectivity index (χ0n) is 9.96. The summed E-state index contributed by atoms with van der Waals surface area (Å²) >= 11 is 0. The molecule has 0 aliphatic carbocycles. The number of benzene rings is 1. The van der Waals surface area contributed by atoms with Crippen LogP contribution in [0, 0.1) is 6.92 Å². The van der Waals surface area contributed by atoms with Crippen molar-refractivity contribution < 1.29 is 4.57 Å². The molecule has 0 unspecified atom stereocenters. The maximum absolute atomic E-state index is 4.42. The van der Waals surface area contributed by atoms with Crippen LogP contribution in [0.1, 0.15) is 5.56 Å². The summed E-state index contributed by atoms with van der Waals surface area (Å²) in [6.45, 7) is 2.10. The van der Waals surface area contributed by atoms with Crippen molar-refractivity contribution in [1.82, 2.24) is 9.55 Å². The van der Waals surface area contributed by atoms with Crippen LogP contribution in [0.3, 0.4) is 0 Å². The third-order valence-electron chi connectivity index (χ3n) is 2.98. The molecule has 0 aliphatic rings. The number of hydrogen-bond acceptors (Lipinski definition) is 1. The highest BCUT2D eigenvalue weighted by atomic mass is 15.2. The normalized spacial score (nSPS) is 10.9. The van der Waals surface area contributed by atoms with Gasteiger partial charge in [0.05, 0.1) is 13.2 Å². The Balaban J connectivity index is 2.31. The second kappa shape index (κ2) is 3.70. The molecule has 17 heavy (non-hydrogen) atoms. The van der Waals surface area contributed by atoms with Gasteiger partial charge < -0.3 is 0 Å². The SMILES string of the molecule is Cc1cc[n+](C)c(-n2cnc3ccccc32)c1. The molecule has 0 aliphatic heterocycles. The lowest BCUT2D eigenvalue weighted by Gasteiger charge is -2.02. The monoisotopic (exact) mass is 224 g/mol. The Kier molecular flexibility index (Phi) is 2.18. The van der Waals surface area contributed by atoms with E-state index in [2.05, 4.69) is 45.4 Å². The van der Waals surface area contributed by atoms with Crippen molar-refractivity contribution in [3.8, 4) is 5.82 Å². The predicted molar refractivity (Wildman–Crippen MR) is 67.0 cm³/mol. The lowest BCUT2D eigenvalue weighted by molar-refractivity contribution is -0.665. The molecule has 3 rings (SSSR count). The molecule has 0 saturated heterocycles. The minimum absolute atomic E-state index is 1.02. The van der Waals surface area contributed by atoms with Crippen LogP contribution >= 0.6 is 0 Å². The minimum atomic E-state index is 1.02. The average molecular weight is 224 g/mol. The van der Waals surface area contributed by atoms with Crippen molar-refractivity contribution in [1.29, 1.82) is 0 Å². The van der Waals surface area contributed by atoms with Gasteiger partial charge in [0.1, 0.15) is 5.52 Å². The molecule has 0 bridgehead atoms. The third-order valence-corrected chi connectivity index (χ3v) is 2.98. The summed E-state index contributed by atoms with van der Waals surface area (Å²) in [6, 6.07) is 12.4. The van der Waals surface area contributed by atoms with Gasteiger partial charge in [0.15, 0.2) is 11.8 Å². The van der Waals surface area contributed by atoms with E-state index >= 15 is 0 Å². The van der Waals surface area contributed by atoms with Crippen molar-refractivity contribution in [3.63, 3.8) is 0 Å². The summed E-state index contributed by atoms with van der Waals surface area (Å²) in [6.07, 6.45) is 3.94. The van der Waals surface area contributed by atoms with E-state index in [-0.39, 0.29) is 0 Å². The number of fused-ring (bicyclic) bond motifs is 1. The summed E-state index contributed by atoms with van der Waals surface area (Å²) in [7, 11) is 2.05. The Labute approximate surface area is 100.0 Å². The molecule has 2 aromatic heterocycles. The van der Waals surface area contributed by atoms with Gasteiger partial charge in [-0.2, -0.15) is 4.57 Å². The van der Waals surface area contributed by atoms with E-state index in [4.69, 9.17) is 0 Å². The maximum Gasteiger partial charge on any atom is 0.287 e. The predicted octanol–water partition coefficient (Wildman–Crippen LogP) is 2.16. The van der Waals surface area contributed by atoms with Gasteiger partial charge in [-0.3, -0.25) is 0 Å². The average Bonchev–Trinajstić information content (AvgIpc) is 2.76. The van der Waals surface area contributed by atoms with Crippen molar-refractivity contribution in [2.24, 2.45) is 7.05 Å². The van der Waals surface area contributed by atoms with Crippen LogP contribution < -0.4 is 4.57 Å². The highest BCUT2D eigenvalue weighted by molar-refractivity contribution is 5.76. The van der Waals surface area contributed by atoms with Gasteiger partial charge in [-0.1, -0.05) is 12.1 Å². The molecule has 3 heteroatoms. The van der Waals surface area contributed by atoms with Crippen molar-refractivity contribution in [2.75, 3.05) is 0 Å². The van der Waals surface area contributed by atoms with E-state index in [0.29, 0.717) is 0 Å². The number of para-hydroxylation sites is 2. The third kappa shape index (κ3) is 1.60. The van der Waals surface area contributed by atoms with Crippen LogP contribution in [-0.2, 0) is 7.05 Å². The second-order valence-electron chi connectivity index (χ2n) is 4.28. The lowest BCUT2D eigenvalue weighted by Crippen LogP contribution is -2.33. The molecule has 0 radical (unpaired) electrons. The Hall–Kier alpha value is -2.16. The van der Waals surface area contributed by atoms with Gasteiger partial charge in [0, 0.05) is 6.07 Å². The summed E-state index contributed by atoms with van der Waals surface area (Å²) in [4.78, 5) is 4.42. The first-order valence-electron chi connectivity index (χ1n) is 5.64. The Morgan fingerprint density at radius 2 is 2.00 bits per heavy atom. The molecule has 3 aromatic rings. The molecular weight excluding hydrogens is 210 g/mol. The lowest BCUT2D eigenvalue weighted by atomic mass is 10.3. The number of hydrogen-bond donors (Lipinski definition) is 0. The number of nitrogens with zero attached hydrogens (tertiary/aromatic N) is 3. The van der Waals surface area contributed by atoms with Gasteiger partial charge in [0.2, 0.25) is 0 Å². The molecule has 2 heterocycles. The van der Waals surface area contributed by atoms with Crippen LogP contribution in [-0.4, -0.2) is 9.55 Å². The van der Waals surface area contributed by atoms with Crippen LogP contribution in [0.5, 0.6) is 0 Å². The highest BCUT2D eigenvalue weighted by Crippen LogP contribution is 2.15. The zero-order valence-corrected chi connectivity index (χ0v) is 9.96. The minimum Gasteiger partial charge on any atom is -0.236 e. The van der Waals surface area contributed by atoms with Gasteiger partial charge in [0.25, 0.3) is 5.82 Å². The Bertz CT molecular complexity index is 683. The molecule has 3 nitrogen and oxygen atoms in total. The van der Waals surface area contributed by atoms with Crippen LogP contribution in [0.4, 0.5) is 0 Å². The molecular formula is C14H14N3+. The van der Waals surface area contributed by atoms with Gasteiger partial charge >= 0.3 is 0 Å².